The summed E-state index contributed by atoms with van der Waals surface area (Å²) in [4.78, 5) is 12.2. The third kappa shape index (κ3) is 3.32. The van der Waals surface area contributed by atoms with Gasteiger partial charge in [-0.2, -0.15) is 0 Å². The first kappa shape index (κ1) is 14.3. The van der Waals surface area contributed by atoms with E-state index in [9.17, 15) is 9.18 Å². The van der Waals surface area contributed by atoms with Crippen molar-refractivity contribution in [3.63, 3.8) is 0 Å². The summed E-state index contributed by atoms with van der Waals surface area (Å²) in [7, 11) is 0. The summed E-state index contributed by atoms with van der Waals surface area (Å²) in [5.74, 6) is 0.660. The predicted octanol–water partition coefficient (Wildman–Crippen LogP) is 3.88. The fourth-order valence-electron chi connectivity index (χ4n) is 2.58. The van der Waals surface area contributed by atoms with Crippen molar-refractivity contribution in [2.45, 2.75) is 19.3 Å². The fraction of sp³-hybridized carbons (Fsp3) is 0.235. The van der Waals surface area contributed by atoms with Crippen molar-refractivity contribution in [1.82, 2.24) is 0 Å². The van der Waals surface area contributed by atoms with Gasteiger partial charge in [-0.1, -0.05) is 28.1 Å². The van der Waals surface area contributed by atoms with Crippen molar-refractivity contribution in [3.05, 3.63) is 63.4 Å². The van der Waals surface area contributed by atoms with E-state index in [0.717, 1.165) is 33.3 Å². The van der Waals surface area contributed by atoms with Crippen LogP contribution in [0.4, 0.5) is 4.39 Å². The Hall–Kier alpha value is -1.68. The van der Waals surface area contributed by atoms with Crippen molar-refractivity contribution in [2.75, 3.05) is 6.61 Å². The van der Waals surface area contributed by atoms with Crippen molar-refractivity contribution in [2.24, 2.45) is 0 Å². The maximum atomic E-state index is 12.9. The minimum Gasteiger partial charge on any atom is -0.493 e. The highest BCUT2D eigenvalue weighted by Gasteiger charge is 2.19. The molecule has 4 heteroatoms. The van der Waals surface area contributed by atoms with Crippen LogP contribution in [0.5, 0.6) is 5.75 Å². The Morgan fingerprint density at radius 2 is 1.95 bits per heavy atom. The molecule has 0 aromatic heterocycles. The molecule has 3 rings (SSSR count). The molecule has 2 nitrogen and oxygen atoms in total. The van der Waals surface area contributed by atoms with E-state index < -0.39 is 0 Å². The Balaban J connectivity index is 1.75. The molecule has 2 aromatic carbocycles. The van der Waals surface area contributed by atoms with Crippen LogP contribution in [0.15, 0.2) is 40.9 Å². The van der Waals surface area contributed by atoms with Crippen LogP contribution < -0.4 is 4.74 Å². The molecule has 0 amide bonds. The van der Waals surface area contributed by atoms with Gasteiger partial charge in [0.05, 0.1) is 6.61 Å². The average molecular weight is 349 g/mol. The molecule has 0 spiro atoms. The number of fused-ring (bicyclic) bond motifs is 1. The van der Waals surface area contributed by atoms with Gasteiger partial charge >= 0.3 is 0 Å². The Morgan fingerprint density at radius 1 is 1.19 bits per heavy atom. The lowest BCUT2D eigenvalue weighted by Crippen LogP contribution is -2.07. The predicted molar refractivity (Wildman–Crippen MR) is 82.2 cm³/mol. The van der Waals surface area contributed by atoms with Gasteiger partial charge in [-0.15, -0.1) is 0 Å². The number of ether oxygens (including phenoxy) is 1. The molecule has 0 unspecified atom stereocenters. The highest BCUT2D eigenvalue weighted by molar-refractivity contribution is 9.10. The summed E-state index contributed by atoms with van der Waals surface area (Å²) in [6.07, 6.45) is 1.52. The maximum absolute atomic E-state index is 12.9. The summed E-state index contributed by atoms with van der Waals surface area (Å²) >= 11 is 3.47. The van der Waals surface area contributed by atoms with E-state index in [2.05, 4.69) is 15.9 Å². The van der Waals surface area contributed by atoms with E-state index in [1.165, 1.54) is 12.1 Å². The minimum atomic E-state index is -0.288. The number of hydrogen-bond donors (Lipinski definition) is 0. The third-order valence-electron chi connectivity index (χ3n) is 3.53. The van der Waals surface area contributed by atoms with Crippen molar-refractivity contribution in [1.29, 1.82) is 0 Å². The van der Waals surface area contributed by atoms with E-state index in [-0.39, 0.29) is 11.6 Å². The molecule has 1 aliphatic heterocycles. The first-order valence-electron chi connectivity index (χ1n) is 6.82. The number of benzene rings is 2. The number of ketones is 1. The van der Waals surface area contributed by atoms with Gasteiger partial charge in [0.1, 0.15) is 17.3 Å². The Kier molecular flexibility index (Phi) is 4.06. The lowest BCUT2D eigenvalue weighted by molar-refractivity contribution is -0.117. The Morgan fingerprint density at radius 3 is 2.71 bits per heavy atom. The van der Waals surface area contributed by atoms with Crippen LogP contribution >= 0.6 is 15.9 Å². The van der Waals surface area contributed by atoms with E-state index in [0.29, 0.717) is 19.4 Å². The molecule has 0 radical (unpaired) electrons. The van der Waals surface area contributed by atoms with Gasteiger partial charge < -0.3 is 4.74 Å². The van der Waals surface area contributed by atoms with Crippen molar-refractivity contribution >= 4 is 21.7 Å². The van der Waals surface area contributed by atoms with Crippen LogP contribution in [0, 0.1) is 5.82 Å². The quantitative estimate of drug-likeness (QED) is 0.838. The monoisotopic (exact) mass is 348 g/mol. The lowest BCUT2D eigenvalue weighted by Gasteiger charge is -2.08. The summed E-state index contributed by atoms with van der Waals surface area (Å²) in [5.41, 5.74) is 2.90. The molecule has 0 bridgehead atoms. The normalized spacial score (nSPS) is 12.9. The number of rotatable bonds is 4. The molecule has 21 heavy (non-hydrogen) atoms. The number of Topliss-reactive ketones (excluding diaryl/α,β-unsaturated/α-hetero) is 1. The maximum Gasteiger partial charge on any atom is 0.141 e. The summed E-state index contributed by atoms with van der Waals surface area (Å²) in [5, 5.41) is 0. The second-order valence-electron chi connectivity index (χ2n) is 5.17. The highest BCUT2D eigenvalue weighted by atomic mass is 79.9. The molecular formula is C17H14BrFO2. The second kappa shape index (κ2) is 5.98. The molecule has 0 saturated heterocycles. The van der Waals surface area contributed by atoms with Gasteiger partial charge in [-0.3, -0.25) is 4.79 Å². The van der Waals surface area contributed by atoms with Crippen LogP contribution in [0.25, 0.3) is 0 Å². The molecule has 2 aromatic rings. The fourth-order valence-corrected chi connectivity index (χ4v) is 3.13. The molecule has 1 aliphatic rings. The van der Waals surface area contributed by atoms with Crippen molar-refractivity contribution < 1.29 is 13.9 Å². The van der Waals surface area contributed by atoms with Gasteiger partial charge in [0.25, 0.3) is 0 Å². The second-order valence-corrected chi connectivity index (χ2v) is 6.09. The number of halogens is 2. The minimum absolute atomic E-state index is 0.0948. The zero-order valence-electron chi connectivity index (χ0n) is 11.4. The first-order chi connectivity index (χ1) is 10.1. The highest BCUT2D eigenvalue weighted by Crippen LogP contribution is 2.33. The molecule has 1 heterocycles. The molecule has 0 N–H and O–H groups in total. The van der Waals surface area contributed by atoms with Gasteiger partial charge in [-0.25, -0.2) is 4.39 Å². The SMILES string of the molecule is O=C(Cc1ccc(F)cc1)Cc1cc(Br)cc2c1OCC2. The van der Waals surface area contributed by atoms with Gasteiger partial charge in [0.2, 0.25) is 0 Å². The molecule has 0 aliphatic carbocycles. The zero-order valence-corrected chi connectivity index (χ0v) is 13.0. The summed E-state index contributed by atoms with van der Waals surface area (Å²) in [6.45, 7) is 0.672. The van der Waals surface area contributed by atoms with Crippen LogP contribution in [-0.2, 0) is 24.1 Å². The van der Waals surface area contributed by atoms with Crippen LogP contribution in [0.2, 0.25) is 0 Å². The van der Waals surface area contributed by atoms with E-state index >= 15 is 0 Å². The smallest absolute Gasteiger partial charge is 0.141 e. The largest absolute Gasteiger partial charge is 0.493 e. The average Bonchev–Trinajstić information content (AvgIpc) is 2.89. The topological polar surface area (TPSA) is 26.3 Å². The standard InChI is InChI=1S/C17H14BrFO2/c18-14-8-12-5-6-21-17(12)13(9-14)10-16(20)7-11-1-3-15(19)4-2-11/h1-4,8-9H,5-7,10H2. The van der Waals surface area contributed by atoms with E-state index in [1.54, 1.807) is 12.1 Å². The number of carbonyl (C=O) groups is 1. The van der Waals surface area contributed by atoms with Gasteiger partial charge in [-0.05, 0) is 35.4 Å². The summed E-state index contributed by atoms with van der Waals surface area (Å²) in [6, 6.07) is 10.0. The Labute approximate surface area is 131 Å². The van der Waals surface area contributed by atoms with Gasteiger partial charge in [0.15, 0.2) is 0 Å². The first-order valence-corrected chi connectivity index (χ1v) is 7.61. The van der Waals surface area contributed by atoms with Gasteiger partial charge in [0, 0.05) is 29.3 Å². The van der Waals surface area contributed by atoms with E-state index in [4.69, 9.17) is 4.74 Å². The molecule has 108 valence electrons. The van der Waals surface area contributed by atoms with Crippen LogP contribution in [0.3, 0.4) is 0 Å². The number of hydrogen-bond acceptors (Lipinski definition) is 2. The molecule has 0 fully saturated rings. The van der Waals surface area contributed by atoms with Crippen LogP contribution in [-0.4, -0.2) is 12.4 Å². The molecular weight excluding hydrogens is 335 g/mol. The van der Waals surface area contributed by atoms with E-state index in [1.807, 2.05) is 12.1 Å². The third-order valence-corrected chi connectivity index (χ3v) is 3.99. The number of carbonyl (C=O) groups excluding carboxylic acids is 1. The van der Waals surface area contributed by atoms with Crippen molar-refractivity contribution in [3.8, 4) is 5.75 Å². The Bertz CT molecular complexity index is 680. The lowest BCUT2D eigenvalue weighted by atomic mass is 10.00. The molecule has 0 atom stereocenters. The summed E-state index contributed by atoms with van der Waals surface area (Å²) < 4.78 is 19.5. The zero-order chi connectivity index (χ0) is 14.8. The molecule has 0 saturated carbocycles. The van der Waals surface area contributed by atoms with Crippen LogP contribution in [0.1, 0.15) is 16.7 Å².